The number of sulfonamides is 1. The number of aromatic nitrogens is 1. The monoisotopic (exact) mass is 298 g/mol. The van der Waals surface area contributed by atoms with Gasteiger partial charge in [0.05, 0.1) is 16.5 Å². The summed E-state index contributed by atoms with van der Waals surface area (Å²) in [6.07, 6.45) is 1.65. The fraction of sp³-hybridized carbons (Fsp3) is 0.250. The van der Waals surface area contributed by atoms with E-state index in [2.05, 4.69) is 9.71 Å². The van der Waals surface area contributed by atoms with Gasteiger partial charge in [0, 0.05) is 17.6 Å². The van der Waals surface area contributed by atoms with Crippen LogP contribution in [-0.4, -0.2) is 18.5 Å². The second-order valence-corrected chi connectivity index (χ2v) is 6.99. The van der Waals surface area contributed by atoms with Crippen molar-refractivity contribution in [3.8, 4) is 0 Å². The number of nitrogens with zero attached hydrogens (tertiary/aromatic N) is 1. The van der Waals surface area contributed by atoms with E-state index in [0.29, 0.717) is 5.56 Å². The molecule has 0 atom stereocenters. The fourth-order valence-corrected chi connectivity index (χ4v) is 3.69. The predicted octanol–water partition coefficient (Wildman–Crippen LogP) is 1.42. The maximum atomic E-state index is 12.2. The van der Waals surface area contributed by atoms with Gasteiger partial charge in [-0.1, -0.05) is 18.2 Å². The topological polar surface area (TPSA) is 79.3 Å². The molecular weight excluding hydrogens is 284 g/mol. The third-order valence-corrected chi connectivity index (χ3v) is 4.95. The zero-order valence-electron chi connectivity index (χ0n) is 10.3. The number of benzene rings is 1. The van der Waals surface area contributed by atoms with Crippen LogP contribution < -0.4 is 4.72 Å². The van der Waals surface area contributed by atoms with Gasteiger partial charge < -0.3 is 5.11 Å². The lowest BCUT2D eigenvalue weighted by molar-refractivity contribution is 0.278. The second kappa shape index (κ2) is 5.79. The van der Waals surface area contributed by atoms with E-state index in [-0.39, 0.29) is 18.0 Å². The first-order chi connectivity index (χ1) is 9.03. The summed E-state index contributed by atoms with van der Waals surface area (Å²) in [6, 6.07) is 6.39. The molecule has 102 valence electrons. The molecule has 0 saturated heterocycles. The second-order valence-electron chi connectivity index (χ2n) is 3.94. The predicted molar refractivity (Wildman–Crippen MR) is 73.2 cm³/mol. The van der Waals surface area contributed by atoms with Crippen LogP contribution in [0.4, 0.5) is 0 Å². The highest BCUT2D eigenvalue weighted by atomic mass is 32.2. The van der Waals surface area contributed by atoms with E-state index in [9.17, 15) is 13.5 Å². The first-order valence-corrected chi connectivity index (χ1v) is 7.92. The van der Waals surface area contributed by atoms with Gasteiger partial charge in [-0.2, -0.15) is 0 Å². The number of aliphatic hydroxyl groups is 1. The summed E-state index contributed by atoms with van der Waals surface area (Å²) in [7, 11) is -3.62. The summed E-state index contributed by atoms with van der Waals surface area (Å²) in [4.78, 5) is 5.03. The Labute approximate surface area is 116 Å². The molecule has 19 heavy (non-hydrogen) atoms. The Morgan fingerprint density at radius 3 is 2.74 bits per heavy atom. The van der Waals surface area contributed by atoms with Crippen molar-refractivity contribution in [2.45, 2.75) is 25.0 Å². The van der Waals surface area contributed by atoms with E-state index in [1.165, 1.54) is 17.4 Å². The first-order valence-electron chi connectivity index (χ1n) is 5.62. The summed E-state index contributed by atoms with van der Waals surface area (Å²) in [5.74, 6) is 0. The molecule has 2 N–H and O–H groups in total. The molecule has 0 fully saturated rings. The van der Waals surface area contributed by atoms with Crippen LogP contribution in [0.2, 0.25) is 0 Å². The molecule has 0 aliphatic rings. The van der Waals surface area contributed by atoms with Gasteiger partial charge in [-0.15, -0.1) is 11.3 Å². The third kappa shape index (κ3) is 3.38. The molecule has 0 bridgehead atoms. The Balaban J connectivity index is 2.18. The van der Waals surface area contributed by atoms with Crippen LogP contribution in [0.3, 0.4) is 0 Å². The van der Waals surface area contributed by atoms with Gasteiger partial charge in [0.2, 0.25) is 10.0 Å². The fourth-order valence-electron chi connectivity index (χ4n) is 1.63. The number of nitrogens with one attached hydrogen (secondary N) is 1. The average Bonchev–Trinajstić information content (AvgIpc) is 2.82. The van der Waals surface area contributed by atoms with Gasteiger partial charge in [0.1, 0.15) is 0 Å². The standard InChI is InChI=1S/C12H14N2O3S2/c1-9-13-6-11(18-9)7-14-19(16,17)12-5-3-2-4-10(12)8-15/h2-6,14-15H,7-8H2,1H3. The van der Waals surface area contributed by atoms with Gasteiger partial charge in [-0.05, 0) is 18.6 Å². The largest absolute Gasteiger partial charge is 0.392 e. The third-order valence-electron chi connectivity index (χ3n) is 2.54. The minimum atomic E-state index is -3.62. The molecule has 0 aliphatic carbocycles. The summed E-state index contributed by atoms with van der Waals surface area (Å²) >= 11 is 1.45. The Morgan fingerprint density at radius 2 is 2.11 bits per heavy atom. The van der Waals surface area contributed by atoms with Crippen molar-refractivity contribution in [3.05, 3.63) is 45.9 Å². The number of aliphatic hydroxyl groups excluding tert-OH is 1. The minimum Gasteiger partial charge on any atom is -0.392 e. The van der Waals surface area contributed by atoms with Crippen molar-refractivity contribution in [2.24, 2.45) is 0 Å². The highest BCUT2D eigenvalue weighted by Crippen LogP contribution is 2.17. The summed E-state index contributed by atoms with van der Waals surface area (Å²) in [6.45, 7) is 1.76. The van der Waals surface area contributed by atoms with E-state index in [1.54, 1.807) is 24.4 Å². The molecule has 0 spiro atoms. The normalized spacial score (nSPS) is 11.7. The van der Waals surface area contributed by atoms with E-state index in [4.69, 9.17) is 0 Å². The van der Waals surface area contributed by atoms with Gasteiger partial charge in [-0.3, -0.25) is 0 Å². The van der Waals surface area contributed by atoms with Crippen molar-refractivity contribution in [2.75, 3.05) is 0 Å². The zero-order chi connectivity index (χ0) is 13.9. The van der Waals surface area contributed by atoms with Crippen LogP contribution in [0.15, 0.2) is 35.4 Å². The SMILES string of the molecule is Cc1ncc(CNS(=O)(=O)c2ccccc2CO)s1. The number of hydrogen-bond donors (Lipinski definition) is 2. The van der Waals surface area contributed by atoms with Gasteiger partial charge in [0.15, 0.2) is 0 Å². The molecule has 0 aliphatic heterocycles. The Bertz CT molecular complexity index is 665. The number of aryl methyl sites for hydroxylation is 1. The molecule has 2 aromatic rings. The molecule has 0 unspecified atom stereocenters. The van der Waals surface area contributed by atoms with Crippen LogP contribution in [0, 0.1) is 6.92 Å². The Kier molecular flexibility index (Phi) is 4.31. The molecule has 7 heteroatoms. The minimum absolute atomic E-state index is 0.110. The van der Waals surface area contributed by atoms with Crippen molar-refractivity contribution in [3.63, 3.8) is 0 Å². The zero-order valence-corrected chi connectivity index (χ0v) is 12.0. The van der Waals surface area contributed by atoms with Crippen LogP contribution in [-0.2, 0) is 23.2 Å². The van der Waals surface area contributed by atoms with Crippen LogP contribution in [0.5, 0.6) is 0 Å². The molecule has 0 radical (unpaired) electrons. The number of thiazole rings is 1. The van der Waals surface area contributed by atoms with E-state index >= 15 is 0 Å². The van der Waals surface area contributed by atoms with Crippen molar-refractivity contribution in [1.29, 1.82) is 0 Å². The van der Waals surface area contributed by atoms with E-state index in [0.717, 1.165) is 9.88 Å². The van der Waals surface area contributed by atoms with Gasteiger partial charge in [-0.25, -0.2) is 18.1 Å². The Hall–Kier alpha value is -1.28. The van der Waals surface area contributed by atoms with Crippen LogP contribution >= 0.6 is 11.3 Å². The lowest BCUT2D eigenvalue weighted by Crippen LogP contribution is -2.24. The Morgan fingerprint density at radius 1 is 1.37 bits per heavy atom. The molecule has 1 heterocycles. The maximum Gasteiger partial charge on any atom is 0.241 e. The molecule has 0 saturated carbocycles. The average molecular weight is 298 g/mol. The van der Waals surface area contributed by atoms with Gasteiger partial charge >= 0.3 is 0 Å². The van der Waals surface area contributed by atoms with E-state index < -0.39 is 10.0 Å². The number of rotatable bonds is 5. The smallest absolute Gasteiger partial charge is 0.241 e. The maximum absolute atomic E-state index is 12.2. The first kappa shape index (κ1) is 14.1. The summed E-state index contributed by atoms with van der Waals surface area (Å²) in [5, 5.41) is 10.1. The van der Waals surface area contributed by atoms with Crippen molar-refractivity contribution < 1.29 is 13.5 Å². The van der Waals surface area contributed by atoms with Crippen molar-refractivity contribution in [1.82, 2.24) is 9.71 Å². The lowest BCUT2D eigenvalue weighted by Gasteiger charge is -2.09. The van der Waals surface area contributed by atoms with Crippen molar-refractivity contribution >= 4 is 21.4 Å². The van der Waals surface area contributed by atoms with Crippen LogP contribution in [0.25, 0.3) is 0 Å². The lowest BCUT2D eigenvalue weighted by atomic mass is 10.2. The molecular formula is C12H14N2O3S2. The highest BCUT2D eigenvalue weighted by molar-refractivity contribution is 7.89. The van der Waals surface area contributed by atoms with Gasteiger partial charge in [0.25, 0.3) is 0 Å². The quantitative estimate of drug-likeness (QED) is 0.875. The number of hydrogen-bond acceptors (Lipinski definition) is 5. The van der Waals surface area contributed by atoms with E-state index in [1.807, 2.05) is 6.92 Å². The molecule has 2 rings (SSSR count). The molecule has 0 amide bonds. The highest BCUT2D eigenvalue weighted by Gasteiger charge is 2.17. The summed E-state index contributed by atoms with van der Waals surface area (Å²) < 4.78 is 26.8. The molecule has 1 aromatic heterocycles. The van der Waals surface area contributed by atoms with Crippen LogP contribution in [0.1, 0.15) is 15.4 Å². The summed E-state index contributed by atoms with van der Waals surface area (Å²) in [5.41, 5.74) is 0.385. The molecule has 5 nitrogen and oxygen atoms in total. The molecule has 1 aromatic carbocycles.